The van der Waals surface area contributed by atoms with Crippen molar-refractivity contribution in [1.29, 1.82) is 0 Å². The number of esters is 1. The van der Waals surface area contributed by atoms with Crippen LogP contribution < -0.4 is 14.4 Å². The number of ether oxygens (including phenoxy) is 3. The summed E-state index contributed by atoms with van der Waals surface area (Å²) in [6, 6.07) is 10.2. The van der Waals surface area contributed by atoms with Crippen molar-refractivity contribution in [3.05, 3.63) is 60.2 Å². The number of aromatic hydroxyl groups is 1. The third kappa shape index (κ3) is 3.83. The molecule has 7 nitrogen and oxygen atoms in total. The fourth-order valence-corrected chi connectivity index (χ4v) is 4.00. The van der Waals surface area contributed by atoms with Crippen LogP contribution in [0.15, 0.2) is 49.1 Å². The average molecular weight is 425 g/mol. The topological polar surface area (TPSA) is 85.3 Å². The first-order valence-corrected chi connectivity index (χ1v) is 10.1. The van der Waals surface area contributed by atoms with Crippen LogP contribution in [0, 0.1) is 0 Å². The van der Waals surface area contributed by atoms with Crippen molar-refractivity contribution in [2.45, 2.75) is 25.2 Å². The van der Waals surface area contributed by atoms with Crippen LogP contribution in [0.2, 0.25) is 0 Å². The Hall–Kier alpha value is -3.48. The summed E-state index contributed by atoms with van der Waals surface area (Å²) >= 11 is 0. The standard InChI is InChI=1S/C24H27NO6/c1-5-12-24(23(28)31-6-2)18-15-17(26)8-9-19(18)25(22(24)27)13-11-16-7-10-20(29-3)21(14-16)30-4/h5,7-10,14-15,26H,1,6,11-13H2,2-4H3/t24-/m1/s1. The third-order valence-corrected chi connectivity index (χ3v) is 5.49. The maximum Gasteiger partial charge on any atom is 0.326 e. The van der Waals surface area contributed by atoms with Gasteiger partial charge in [-0.3, -0.25) is 9.59 Å². The Kier molecular flexibility index (Phi) is 6.53. The lowest BCUT2D eigenvalue weighted by Crippen LogP contribution is -2.47. The lowest BCUT2D eigenvalue weighted by Gasteiger charge is -2.25. The quantitative estimate of drug-likeness (QED) is 0.377. The van der Waals surface area contributed by atoms with Crippen LogP contribution in [0.3, 0.4) is 0 Å². The molecule has 0 aliphatic carbocycles. The molecule has 2 aromatic carbocycles. The number of amides is 1. The number of carbonyl (C=O) groups is 2. The molecule has 3 rings (SSSR count). The number of rotatable bonds is 9. The van der Waals surface area contributed by atoms with E-state index in [0.29, 0.717) is 35.7 Å². The molecule has 7 heteroatoms. The molecule has 31 heavy (non-hydrogen) atoms. The van der Waals surface area contributed by atoms with Gasteiger partial charge in [0.05, 0.1) is 20.8 Å². The molecule has 0 radical (unpaired) electrons. The molecule has 1 N–H and O–H groups in total. The summed E-state index contributed by atoms with van der Waals surface area (Å²) in [5.74, 6) is 0.181. The summed E-state index contributed by atoms with van der Waals surface area (Å²) in [6.07, 6.45) is 2.13. The maximum absolute atomic E-state index is 13.6. The van der Waals surface area contributed by atoms with Gasteiger partial charge >= 0.3 is 5.97 Å². The molecule has 0 aromatic heterocycles. The van der Waals surface area contributed by atoms with E-state index in [1.165, 1.54) is 18.2 Å². The number of phenols is 1. The first kappa shape index (κ1) is 22.2. The lowest BCUT2D eigenvalue weighted by molar-refractivity contribution is -0.153. The van der Waals surface area contributed by atoms with E-state index >= 15 is 0 Å². The van der Waals surface area contributed by atoms with E-state index in [2.05, 4.69) is 6.58 Å². The third-order valence-electron chi connectivity index (χ3n) is 5.49. The SMILES string of the molecule is C=CC[C@]1(C(=O)OCC)C(=O)N(CCc2ccc(OC)c(OC)c2)c2ccc(O)cc21. The van der Waals surface area contributed by atoms with Gasteiger partial charge in [0.2, 0.25) is 5.91 Å². The van der Waals surface area contributed by atoms with Gasteiger partial charge in [-0.2, -0.15) is 0 Å². The monoisotopic (exact) mass is 425 g/mol. The van der Waals surface area contributed by atoms with Crippen LogP contribution in [-0.2, 0) is 26.2 Å². The van der Waals surface area contributed by atoms with E-state index in [9.17, 15) is 14.7 Å². The van der Waals surface area contributed by atoms with E-state index in [0.717, 1.165) is 5.56 Å². The van der Waals surface area contributed by atoms with Gasteiger partial charge in [-0.15, -0.1) is 6.58 Å². The second-order valence-electron chi connectivity index (χ2n) is 7.22. The van der Waals surface area contributed by atoms with Gasteiger partial charge in [-0.1, -0.05) is 12.1 Å². The zero-order valence-corrected chi connectivity index (χ0v) is 18.0. The molecule has 0 bridgehead atoms. The van der Waals surface area contributed by atoms with E-state index in [1.807, 2.05) is 18.2 Å². The minimum Gasteiger partial charge on any atom is -0.508 e. The summed E-state index contributed by atoms with van der Waals surface area (Å²) in [4.78, 5) is 28.2. The molecule has 2 aromatic rings. The normalized spacial score (nSPS) is 17.3. The number of carbonyl (C=O) groups excluding carboxylic acids is 2. The van der Waals surface area contributed by atoms with Crippen LogP contribution in [-0.4, -0.2) is 44.4 Å². The van der Waals surface area contributed by atoms with Gasteiger partial charge in [0.15, 0.2) is 16.9 Å². The summed E-state index contributed by atoms with van der Waals surface area (Å²) < 4.78 is 15.9. The van der Waals surface area contributed by atoms with E-state index in [4.69, 9.17) is 14.2 Å². The molecular weight excluding hydrogens is 398 g/mol. The number of benzene rings is 2. The Bertz CT molecular complexity index is 1000. The largest absolute Gasteiger partial charge is 0.508 e. The number of hydrogen-bond acceptors (Lipinski definition) is 6. The first-order chi connectivity index (χ1) is 14.9. The highest BCUT2D eigenvalue weighted by Crippen LogP contribution is 2.46. The summed E-state index contributed by atoms with van der Waals surface area (Å²) in [5, 5.41) is 10.1. The van der Waals surface area contributed by atoms with Crippen molar-refractivity contribution in [3.8, 4) is 17.2 Å². The zero-order valence-electron chi connectivity index (χ0n) is 18.0. The van der Waals surface area contributed by atoms with Gasteiger partial charge in [0.25, 0.3) is 0 Å². The molecular formula is C24H27NO6. The highest BCUT2D eigenvalue weighted by molar-refractivity contribution is 6.20. The molecule has 1 amide bonds. The molecule has 0 saturated heterocycles. The Morgan fingerprint density at radius 1 is 1.16 bits per heavy atom. The Labute approximate surface area is 181 Å². The highest BCUT2D eigenvalue weighted by atomic mass is 16.5. The maximum atomic E-state index is 13.6. The van der Waals surface area contributed by atoms with E-state index in [1.54, 1.807) is 32.1 Å². The van der Waals surface area contributed by atoms with Crippen molar-refractivity contribution in [3.63, 3.8) is 0 Å². The minimum atomic E-state index is -1.55. The average Bonchev–Trinajstić information content (AvgIpc) is 3.00. The predicted molar refractivity (Wildman–Crippen MR) is 117 cm³/mol. The van der Waals surface area contributed by atoms with Crippen molar-refractivity contribution >= 4 is 17.6 Å². The zero-order chi connectivity index (χ0) is 22.6. The molecule has 1 aliphatic heterocycles. The molecule has 0 fully saturated rings. The molecule has 1 aliphatic rings. The van der Waals surface area contributed by atoms with Gasteiger partial charge < -0.3 is 24.2 Å². The Morgan fingerprint density at radius 2 is 1.90 bits per heavy atom. The number of nitrogens with zero attached hydrogens (tertiary/aromatic N) is 1. The fraction of sp³-hybridized carbons (Fsp3) is 0.333. The number of fused-ring (bicyclic) bond motifs is 1. The summed E-state index contributed by atoms with van der Waals surface area (Å²) in [6.45, 7) is 5.90. The number of methoxy groups -OCH3 is 2. The molecule has 1 heterocycles. The van der Waals surface area contributed by atoms with Crippen LogP contribution in [0.25, 0.3) is 0 Å². The van der Waals surface area contributed by atoms with Gasteiger partial charge in [-0.25, -0.2) is 0 Å². The molecule has 0 saturated carbocycles. The summed E-state index contributed by atoms with van der Waals surface area (Å²) in [7, 11) is 3.14. The summed E-state index contributed by atoms with van der Waals surface area (Å²) in [5.41, 5.74) is 0.410. The fourth-order valence-electron chi connectivity index (χ4n) is 4.00. The molecule has 164 valence electrons. The minimum absolute atomic E-state index is 0.0222. The van der Waals surface area contributed by atoms with Gasteiger partial charge in [0.1, 0.15) is 5.75 Å². The van der Waals surface area contributed by atoms with Crippen molar-refractivity contribution in [2.24, 2.45) is 0 Å². The van der Waals surface area contributed by atoms with E-state index < -0.39 is 11.4 Å². The number of allylic oxidation sites excluding steroid dienone is 1. The Balaban J connectivity index is 1.98. The Morgan fingerprint density at radius 3 is 2.55 bits per heavy atom. The predicted octanol–water partition coefficient (Wildman–Crippen LogP) is 3.38. The highest BCUT2D eigenvalue weighted by Gasteiger charge is 2.56. The smallest absolute Gasteiger partial charge is 0.326 e. The molecule has 0 spiro atoms. The van der Waals surface area contributed by atoms with E-state index in [-0.39, 0.29) is 24.7 Å². The molecule has 1 atom stereocenters. The first-order valence-electron chi connectivity index (χ1n) is 10.1. The number of phenolic OH excluding ortho intramolecular Hbond substituents is 1. The number of anilines is 1. The second-order valence-corrected chi connectivity index (χ2v) is 7.22. The van der Waals surface area contributed by atoms with Crippen molar-refractivity contribution in [2.75, 3.05) is 32.3 Å². The second kappa shape index (κ2) is 9.12. The van der Waals surface area contributed by atoms with Crippen molar-refractivity contribution < 1.29 is 28.9 Å². The molecule has 0 unspecified atom stereocenters. The van der Waals surface area contributed by atoms with Crippen molar-refractivity contribution in [1.82, 2.24) is 0 Å². The van der Waals surface area contributed by atoms with Crippen LogP contribution >= 0.6 is 0 Å². The lowest BCUT2D eigenvalue weighted by atomic mass is 9.78. The number of hydrogen-bond donors (Lipinski definition) is 1. The van der Waals surface area contributed by atoms with Crippen LogP contribution in [0.4, 0.5) is 5.69 Å². The van der Waals surface area contributed by atoms with Gasteiger partial charge in [0, 0.05) is 17.8 Å². The van der Waals surface area contributed by atoms with Gasteiger partial charge in [-0.05, 0) is 55.7 Å². The van der Waals surface area contributed by atoms with Crippen LogP contribution in [0.5, 0.6) is 17.2 Å². The van der Waals surface area contributed by atoms with Crippen LogP contribution in [0.1, 0.15) is 24.5 Å².